The molecule has 4 heterocycles. The first-order valence-electron chi connectivity index (χ1n) is 15.5. The summed E-state index contributed by atoms with van der Waals surface area (Å²) in [5.41, 5.74) is 2.43. The highest BCUT2D eigenvalue weighted by molar-refractivity contribution is 8.02. The third-order valence-corrected chi connectivity index (χ3v) is 11.3. The highest BCUT2D eigenvalue weighted by atomic mass is 32.2. The van der Waals surface area contributed by atoms with Crippen molar-refractivity contribution < 1.29 is 24.2 Å². The lowest BCUT2D eigenvalue weighted by Crippen LogP contribution is -2.58. The first-order valence-corrected chi connectivity index (χ1v) is 16.4. The van der Waals surface area contributed by atoms with Crippen LogP contribution >= 0.6 is 11.8 Å². The minimum Gasteiger partial charge on any atom is -0.465 e. The van der Waals surface area contributed by atoms with Gasteiger partial charge in [0.1, 0.15) is 18.2 Å². The van der Waals surface area contributed by atoms with Crippen molar-refractivity contribution in [3.05, 3.63) is 85.5 Å². The van der Waals surface area contributed by atoms with Gasteiger partial charge in [-0.2, -0.15) is 0 Å². The van der Waals surface area contributed by atoms with Crippen LogP contribution in [-0.4, -0.2) is 89.5 Å². The van der Waals surface area contributed by atoms with E-state index < -0.39 is 28.7 Å². The SMILES string of the molecule is C=CCCCOC(=O)[C@@H]1[C@H]2C(=O)N([C@@H](CO)Cc3ccccc3)C(C(=O)N(CC=C)Cn3nnc4ccccc43)C23CC[C@H]1S3. The maximum atomic E-state index is 14.9. The van der Waals surface area contributed by atoms with Crippen molar-refractivity contribution in [2.75, 3.05) is 19.8 Å². The van der Waals surface area contributed by atoms with E-state index in [1.807, 2.05) is 54.6 Å². The van der Waals surface area contributed by atoms with E-state index in [4.69, 9.17) is 4.74 Å². The van der Waals surface area contributed by atoms with E-state index in [0.717, 1.165) is 17.5 Å². The van der Waals surface area contributed by atoms with E-state index in [9.17, 15) is 19.5 Å². The second-order valence-corrected chi connectivity index (χ2v) is 13.6. The minimum absolute atomic E-state index is 0.107. The summed E-state index contributed by atoms with van der Waals surface area (Å²) in [6.45, 7) is 7.88. The summed E-state index contributed by atoms with van der Waals surface area (Å²) in [6.07, 6.45) is 6.51. The second-order valence-electron chi connectivity index (χ2n) is 12.0. The number of para-hydroxylation sites is 1. The molecule has 2 bridgehead atoms. The molecule has 3 aromatic rings. The fourth-order valence-corrected chi connectivity index (χ4v) is 9.58. The van der Waals surface area contributed by atoms with Crippen LogP contribution in [0.4, 0.5) is 0 Å². The Morgan fingerprint density at radius 2 is 1.93 bits per heavy atom. The van der Waals surface area contributed by atoms with Gasteiger partial charge in [0.15, 0.2) is 0 Å². The normalized spacial score (nSPS) is 25.7. The Kier molecular flexibility index (Phi) is 9.09. The molecule has 2 aromatic carbocycles. The number of carbonyl (C=O) groups is 3. The summed E-state index contributed by atoms with van der Waals surface area (Å²) in [4.78, 5) is 46.3. The average molecular weight is 630 g/mol. The largest absolute Gasteiger partial charge is 0.465 e. The number of aliphatic hydroxyl groups excluding tert-OH is 1. The number of aromatic nitrogens is 3. The summed E-state index contributed by atoms with van der Waals surface area (Å²) in [6, 6.07) is 15.6. The molecule has 2 amide bonds. The number of fused-ring (bicyclic) bond motifs is 2. The standard InChI is InChI=1S/C34H39N5O5S/c1-3-5-11-19-44-33(43)28-27-16-17-34(45-27)29(28)31(41)39(24(21-40)20-23-12-7-6-8-13-23)30(34)32(42)37(18-4-2)22-38-26-15-10-9-14-25(26)35-36-38/h3-4,6-10,12-15,24,27-30,40H,1-2,5,11,16-22H2/t24-,27-,28+,29+,30?,34?/m1/s1. The molecule has 3 aliphatic heterocycles. The third kappa shape index (κ3) is 5.56. The van der Waals surface area contributed by atoms with Gasteiger partial charge in [-0.1, -0.05) is 59.8 Å². The number of nitrogens with zero attached hydrogens (tertiary/aromatic N) is 5. The van der Waals surface area contributed by atoms with Crippen LogP contribution in [-0.2, 0) is 32.2 Å². The highest BCUT2D eigenvalue weighted by Gasteiger charge is 2.74. The quantitative estimate of drug-likeness (QED) is 0.163. The van der Waals surface area contributed by atoms with Crippen LogP contribution in [0.25, 0.3) is 11.0 Å². The topological polar surface area (TPSA) is 118 Å². The number of hydrogen-bond acceptors (Lipinski definition) is 8. The Labute approximate surface area is 267 Å². The van der Waals surface area contributed by atoms with Gasteiger partial charge >= 0.3 is 5.97 Å². The molecule has 11 heteroatoms. The molecular weight excluding hydrogens is 590 g/mol. The van der Waals surface area contributed by atoms with Crippen LogP contribution in [0.5, 0.6) is 0 Å². The predicted molar refractivity (Wildman–Crippen MR) is 172 cm³/mol. The second kappa shape index (κ2) is 13.2. The van der Waals surface area contributed by atoms with Gasteiger partial charge in [0.25, 0.3) is 0 Å². The van der Waals surface area contributed by atoms with Crippen LogP contribution in [0, 0.1) is 11.8 Å². The number of thioether (sulfide) groups is 1. The van der Waals surface area contributed by atoms with E-state index in [0.29, 0.717) is 31.2 Å². The van der Waals surface area contributed by atoms with Gasteiger partial charge in [-0.25, -0.2) is 4.68 Å². The average Bonchev–Trinajstić information content (AvgIpc) is 3.81. The van der Waals surface area contributed by atoms with Gasteiger partial charge in [-0.05, 0) is 49.8 Å². The molecule has 2 unspecified atom stereocenters. The van der Waals surface area contributed by atoms with Crippen molar-refractivity contribution in [2.45, 2.75) is 60.9 Å². The smallest absolute Gasteiger partial charge is 0.310 e. The number of benzene rings is 2. The Bertz CT molecular complexity index is 1580. The number of esters is 1. The molecule has 10 nitrogen and oxygen atoms in total. The molecule has 1 aromatic heterocycles. The molecule has 0 saturated carbocycles. The molecule has 1 N–H and O–H groups in total. The number of ether oxygens (including phenoxy) is 1. The van der Waals surface area contributed by atoms with Crippen molar-refractivity contribution >= 4 is 40.6 Å². The molecule has 3 aliphatic rings. The Morgan fingerprint density at radius 3 is 2.69 bits per heavy atom. The van der Waals surface area contributed by atoms with Crippen LogP contribution in [0.15, 0.2) is 79.9 Å². The number of amides is 2. The molecule has 3 fully saturated rings. The number of aliphatic hydroxyl groups is 1. The number of likely N-dealkylation sites (tertiary alicyclic amines) is 1. The summed E-state index contributed by atoms with van der Waals surface area (Å²) < 4.78 is 6.54. The highest BCUT2D eigenvalue weighted by Crippen LogP contribution is 2.67. The molecule has 1 spiro atoms. The molecule has 3 saturated heterocycles. The first-order chi connectivity index (χ1) is 21.9. The van der Waals surface area contributed by atoms with Gasteiger partial charge in [0.2, 0.25) is 11.8 Å². The van der Waals surface area contributed by atoms with E-state index in [2.05, 4.69) is 23.5 Å². The Hall–Kier alpha value is -3.96. The zero-order valence-corrected chi connectivity index (χ0v) is 26.1. The first kappa shape index (κ1) is 31.0. The maximum Gasteiger partial charge on any atom is 0.310 e. The zero-order valence-electron chi connectivity index (χ0n) is 25.2. The lowest BCUT2D eigenvalue weighted by atomic mass is 9.71. The Morgan fingerprint density at radius 1 is 1.16 bits per heavy atom. The van der Waals surface area contributed by atoms with Gasteiger partial charge in [-0.15, -0.1) is 30.0 Å². The van der Waals surface area contributed by atoms with Gasteiger partial charge < -0.3 is 19.6 Å². The summed E-state index contributed by atoms with van der Waals surface area (Å²) in [5, 5.41) is 19.2. The van der Waals surface area contributed by atoms with Crippen LogP contribution < -0.4 is 0 Å². The lowest BCUT2D eigenvalue weighted by molar-refractivity contribution is -0.154. The van der Waals surface area contributed by atoms with E-state index in [1.165, 1.54) is 0 Å². The van der Waals surface area contributed by atoms with E-state index in [1.54, 1.807) is 38.4 Å². The molecular formula is C34H39N5O5S. The van der Waals surface area contributed by atoms with Crippen molar-refractivity contribution in [3.63, 3.8) is 0 Å². The van der Waals surface area contributed by atoms with E-state index >= 15 is 0 Å². The molecule has 6 rings (SSSR count). The number of hydrogen-bond donors (Lipinski definition) is 1. The van der Waals surface area contributed by atoms with Crippen LogP contribution in [0.2, 0.25) is 0 Å². The van der Waals surface area contributed by atoms with Gasteiger partial charge in [0.05, 0.1) is 41.4 Å². The van der Waals surface area contributed by atoms with E-state index in [-0.39, 0.29) is 49.5 Å². The number of rotatable bonds is 14. The van der Waals surface area contributed by atoms with Crippen molar-refractivity contribution in [2.24, 2.45) is 11.8 Å². The van der Waals surface area contributed by atoms with Crippen LogP contribution in [0.3, 0.4) is 0 Å². The monoisotopic (exact) mass is 629 g/mol. The lowest BCUT2D eigenvalue weighted by Gasteiger charge is -2.39. The fourth-order valence-electron chi connectivity index (χ4n) is 7.39. The molecule has 236 valence electrons. The Balaban J connectivity index is 1.37. The predicted octanol–water partition coefficient (Wildman–Crippen LogP) is 3.61. The van der Waals surface area contributed by atoms with Crippen LogP contribution in [0.1, 0.15) is 31.2 Å². The third-order valence-electron chi connectivity index (χ3n) is 9.35. The molecule has 0 aliphatic carbocycles. The number of carbonyl (C=O) groups excluding carboxylic acids is 3. The maximum absolute atomic E-state index is 14.9. The van der Waals surface area contributed by atoms with Crippen molar-refractivity contribution in [3.8, 4) is 0 Å². The molecule has 45 heavy (non-hydrogen) atoms. The number of unbranched alkanes of at least 4 members (excludes halogenated alkanes) is 1. The fraction of sp³-hybridized carbons (Fsp3) is 0.441. The zero-order chi connectivity index (χ0) is 31.6. The minimum atomic E-state index is -0.890. The summed E-state index contributed by atoms with van der Waals surface area (Å²) in [5.74, 6) is -2.28. The molecule has 6 atom stereocenters. The molecule has 0 radical (unpaired) electrons. The van der Waals surface area contributed by atoms with Gasteiger partial charge in [-0.3, -0.25) is 14.4 Å². The van der Waals surface area contributed by atoms with Crippen molar-refractivity contribution in [1.29, 1.82) is 0 Å². The summed E-state index contributed by atoms with van der Waals surface area (Å²) in [7, 11) is 0. The number of allylic oxidation sites excluding steroid dienone is 1. The van der Waals surface area contributed by atoms with Gasteiger partial charge in [0, 0.05) is 11.8 Å². The van der Waals surface area contributed by atoms with Crippen molar-refractivity contribution in [1.82, 2.24) is 24.8 Å². The summed E-state index contributed by atoms with van der Waals surface area (Å²) >= 11 is 1.58.